The van der Waals surface area contributed by atoms with E-state index in [2.05, 4.69) is 0 Å². The molecular formula is C19H19NO4. The molecule has 1 amide bonds. The number of nitrogens with zero attached hydrogens (tertiary/aromatic N) is 1. The molecule has 0 aliphatic carbocycles. The molecule has 0 unspecified atom stereocenters. The first-order chi connectivity index (χ1) is 11.6. The van der Waals surface area contributed by atoms with Gasteiger partial charge in [-0.1, -0.05) is 18.2 Å². The smallest absolute Gasteiger partial charge is 0.338 e. The highest BCUT2D eigenvalue weighted by molar-refractivity contribution is 5.99. The van der Waals surface area contributed by atoms with Crippen molar-refractivity contribution in [1.82, 2.24) is 0 Å². The lowest BCUT2D eigenvalue weighted by Crippen LogP contribution is -2.38. The minimum absolute atomic E-state index is 0.0644. The van der Waals surface area contributed by atoms with Gasteiger partial charge in [0.1, 0.15) is 5.75 Å². The zero-order valence-corrected chi connectivity index (χ0v) is 13.7. The normalized spacial score (nSPS) is 15.8. The molecule has 3 rings (SSSR count). The number of methoxy groups -OCH3 is 1. The summed E-state index contributed by atoms with van der Waals surface area (Å²) in [6, 6.07) is 14.4. The molecule has 1 aliphatic heterocycles. The molecule has 2 aromatic rings. The van der Waals surface area contributed by atoms with E-state index in [4.69, 9.17) is 9.47 Å². The average Bonchev–Trinajstić information content (AvgIpc) is 2.95. The van der Waals surface area contributed by atoms with Crippen molar-refractivity contribution in [1.29, 1.82) is 0 Å². The van der Waals surface area contributed by atoms with Gasteiger partial charge in [-0.25, -0.2) is 4.79 Å². The van der Waals surface area contributed by atoms with E-state index in [0.29, 0.717) is 11.3 Å². The van der Waals surface area contributed by atoms with Crippen LogP contribution < -0.4 is 9.64 Å². The number of carbonyl (C=O) groups excluding carboxylic acids is 2. The highest BCUT2D eigenvalue weighted by atomic mass is 16.5. The summed E-state index contributed by atoms with van der Waals surface area (Å²) in [6.45, 7) is 1.72. The lowest BCUT2D eigenvalue weighted by molar-refractivity contribution is -0.122. The van der Waals surface area contributed by atoms with E-state index in [1.54, 1.807) is 36.3 Å². The van der Waals surface area contributed by atoms with Gasteiger partial charge < -0.3 is 14.4 Å². The van der Waals surface area contributed by atoms with Gasteiger partial charge >= 0.3 is 5.97 Å². The number of para-hydroxylation sites is 1. The average molecular weight is 325 g/mol. The number of benzene rings is 2. The SMILES string of the molecule is COc1ccc(C(=O)OCC(=O)N2c3ccccc3C[C@@H]2C)cc1. The van der Waals surface area contributed by atoms with Gasteiger partial charge in [-0.15, -0.1) is 0 Å². The number of carbonyl (C=O) groups is 2. The Morgan fingerprint density at radius 3 is 2.54 bits per heavy atom. The Bertz CT molecular complexity index is 754. The highest BCUT2D eigenvalue weighted by Gasteiger charge is 2.30. The molecule has 0 saturated heterocycles. The van der Waals surface area contributed by atoms with Gasteiger partial charge in [-0.3, -0.25) is 4.79 Å². The van der Waals surface area contributed by atoms with Crippen molar-refractivity contribution in [3.63, 3.8) is 0 Å². The number of anilines is 1. The van der Waals surface area contributed by atoms with Gasteiger partial charge in [0.15, 0.2) is 6.61 Å². The van der Waals surface area contributed by atoms with Crippen molar-refractivity contribution in [3.05, 3.63) is 59.7 Å². The molecule has 0 saturated carbocycles. The van der Waals surface area contributed by atoms with Crippen molar-refractivity contribution in [2.45, 2.75) is 19.4 Å². The Hall–Kier alpha value is -2.82. The Morgan fingerprint density at radius 1 is 1.12 bits per heavy atom. The van der Waals surface area contributed by atoms with Crippen LogP contribution in [0.5, 0.6) is 5.75 Å². The second-order valence-electron chi connectivity index (χ2n) is 5.75. The fourth-order valence-corrected chi connectivity index (χ4v) is 2.95. The summed E-state index contributed by atoms with van der Waals surface area (Å²) in [7, 11) is 1.56. The standard InChI is InChI=1S/C19H19NO4/c1-13-11-15-5-3-4-6-17(15)20(13)18(21)12-24-19(22)14-7-9-16(23-2)10-8-14/h3-10,13H,11-12H2,1-2H3/t13-/m0/s1. The minimum atomic E-state index is -0.522. The topological polar surface area (TPSA) is 55.8 Å². The summed E-state index contributed by atoms with van der Waals surface area (Å²) in [6.07, 6.45) is 0.814. The van der Waals surface area contributed by atoms with Gasteiger partial charge in [-0.2, -0.15) is 0 Å². The Balaban J connectivity index is 1.64. The zero-order chi connectivity index (χ0) is 17.1. The number of ether oxygens (including phenoxy) is 2. The van der Waals surface area contributed by atoms with Crippen LogP contribution in [0, 0.1) is 0 Å². The van der Waals surface area contributed by atoms with Crippen LogP contribution in [0.25, 0.3) is 0 Å². The van der Waals surface area contributed by atoms with Crippen LogP contribution in [-0.4, -0.2) is 31.6 Å². The van der Waals surface area contributed by atoms with Gasteiger partial charge in [0, 0.05) is 11.7 Å². The lowest BCUT2D eigenvalue weighted by Gasteiger charge is -2.22. The van der Waals surface area contributed by atoms with Crippen LogP contribution in [0.2, 0.25) is 0 Å². The highest BCUT2D eigenvalue weighted by Crippen LogP contribution is 2.31. The third-order valence-electron chi connectivity index (χ3n) is 4.13. The van der Waals surface area contributed by atoms with E-state index in [0.717, 1.165) is 17.7 Å². The molecule has 0 aromatic heterocycles. The van der Waals surface area contributed by atoms with E-state index in [9.17, 15) is 9.59 Å². The molecule has 0 N–H and O–H groups in total. The summed E-state index contributed by atoms with van der Waals surface area (Å²) in [5, 5.41) is 0. The number of amides is 1. The molecule has 5 nitrogen and oxygen atoms in total. The molecule has 2 aromatic carbocycles. The molecule has 0 bridgehead atoms. The maximum atomic E-state index is 12.5. The zero-order valence-electron chi connectivity index (χ0n) is 13.7. The summed E-state index contributed by atoms with van der Waals surface area (Å²) in [5.74, 6) is -0.0782. The maximum Gasteiger partial charge on any atom is 0.338 e. The van der Waals surface area contributed by atoms with E-state index in [-0.39, 0.29) is 18.6 Å². The number of fused-ring (bicyclic) bond motifs is 1. The molecule has 0 radical (unpaired) electrons. The monoisotopic (exact) mass is 325 g/mol. The fourth-order valence-electron chi connectivity index (χ4n) is 2.95. The lowest BCUT2D eigenvalue weighted by atomic mass is 10.1. The van der Waals surface area contributed by atoms with Gasteiger partial charge in [0.2, 0.25) is 0 Å². The molecule has 1 atom stereocenters. The molecule has 1 aliphatic rings. The predicted molar refractivity (Wildman–Crippen MR) is 90.4 cm³/mol. The van der Waals surface area contributed by atoms with E-state index < -0.39 is 5.97 Å². The first-order valence-electron chi connectivity index (χ1n) is 7.81. The number of hydrogen-bond acceptors (Lipinski definition) is 4. The summed E-state index contributed by atoms with van der Waals surface area (Å²) in [5.41, 5.74) is 2.42. The molecule has 1 heterocycles. The van der Waals surface area contributed by atoms with Crippen molar-refractivity contribution in [2.24, 2.45) is 0 Å². The quantitative estimate of drug-likeness (QED) is 0.811. The summed E-state index contributed by atoms with van der Waals surface area (Å²) in [4.78, 5) is 26.2. The van der Waals surface area contributed by atoms with Crippen LogP contribution in [0.3, 0.4) is 0 Å². The predicted octanol–water partition coefficient (Wildman–Crippen LogP) is 2.83. The second kappa shape index (κ2) is 6.74. The van der Waals surface area contributed by atoms with E-state index >= 15 is 0 Å². The van der Waals surface area contributed by atoms with E-state index in [1.165, 1.54) is 0 Å². The largest absolute Gasteiger partial charge is 0.497 e. The van der Waals surface area contributed by atoms with Crippen molar-refractivity contribution >= 4 is 17.6 Å². The summed E-state index contributed by atoms with van der Waals surface area (Å²) < 4.78 is 10.2. The number of hydrogen-bond donors (Lipinski definition) is 0. The van der Waals surface area contributed by atoms with Gasteiger partial charge in [0.05, 0.1) is 12.7 Å². The molecule has 0 spiro atoms. The molecule has 5 heteroatoms. The van der Waals surface area contributed by atoms with E-state index in [1.807, 2.05) is 31.2 Å². The molecule has 0 fully saturated rings. The van der Waals surface area contributed by atoms with Gasteiger partial charge in [-0.05, 0) is 49.2 Å². The Labute approximate surface area is 140 Å². The van der Waals surface area contributed by atoms with Crippen LogP contribution in [0.1, 0.15) is 22.8 Å². The van der Waals surface area contributed by atoms with Crippen LogP contribution in [0.4, 0.5) is 5.69 Å². The van der Waals surface area contributed by atoms with Crippen LogP contribution in [0.15, 0.2) is 48.5 Å². The van der Waals surface area contributed by atoms with Crippen molar-refractivity contribution < 1.29 is 19.1 Å². The second-order valence-corrected chi connectivity index (χ2v) is 5.75. The molecular weight excluding hydrogens is 306 g/mol. The number of esters is 1. The molecule has 24 heavy (non-hydrogen) atoms. The Morgan fingerprint density at radius 2 is 1.83 bits per heavy atom. The van der Waals surface area contributed by atoms with Crippen LogP contribution in [-0.2, 0) is 16.0 Å². The third-order valence-corrected chi connectivity index (χ3v) is 4.13. The number of rotatable bonds is 4. The summed E-state index contributed by atoms with van der Waals surface area (Å²) >= 11 is 0. The van der Waals surface area contributed by atoms with Crippen molar-refractivity contribution in [2.75, 3.05) is 18.6 Å². The first kappa shape index (κ1) is 16.1. The first-order valence-corrected chi connectivity index (χ1v) is 7.81. The maximum absolute atomic E-state index is 12.5. The van der Waals surface area contributed by atoms with Crippen molar-refractivity contribution in [3.8, 4) is 5.75 Å². The third kappa shape index (κ3) is 3.11. The molecule has 124 valence electrons. The van der Waals surface area contributed by atoms with Crippen LogP contribution >= 0.6 is 0 Å². The minimum Gasteiger partial charge on any atom is -0.497 e. The fraction of sp³-hybridized carbons (Fsp3) is 0.263. The Kier molecular flexibility index (Phi) is 4.51. The van der Waals surface area contributed by atoms with Gasteiger partial charge in [0.25, 0.3) is 5.91 Å².